The molecular formula is C98H77BrCl2N2O42. The monoisotopic (exact) mass is 2100 g/mol. The number of hydrogen-bond acceptors (Lipinski definition) is 25. The van der Waals surface area contributed by atoms with Crippen molar-refractivity contribution in [1.82, 2.24) is 0 Å². The van der Waals surface area contributed by atoms with Crippen molar-refractivity contribution < 1.29 is 202 Å². The molecule has 44 nitrogen and oxygen atoms in total. The van der Waals surface area contributed by atoms with E-state index in [4.69, 9.17) is 130 Å². The number of nitrogen functional groups attached to an aromatic ring is 1. The van der Waals surface area contributed by atoms with E-state index in [1.807, 2.05) is 60.7 Å². The highest BCUT2D eigenvalue weighted by molar-refractivity contribution is 9.10. The van der Waals surface area contributed by atoms with Crippen LogP contribution in [0.15, 0.2) is 254 Å². The lowest BCUT2D eigenvalue weighted by Gasteiger charge is -2.14. The number of benzene rings is 12. The molecule has 0 aromatic heterocycles. The van der Waals surface area contributed by atoms with Gasteiger partial charge in [-0.05, 0) is 196 Å². The van der Waals surface area contributed by atoms with Crippen LogP contribution >= 0.6 is 39.1 Å². The number of halogens is 3. The normalized spacial score (nSPS) is 9.83. The number of ether oxygens (including phenoxy) is 4. The Bertz CT molecular complexity index is 6580. The third-order valence-corrected chi connectivity index (χ3v) is 19.5. The average Bonchev–Trinajstić information content (AvgIpc) is 0.776. The second kappa shape index (κ2) is 56.2. The maximum atomic E-state index is 11.7. The van der Waals surface area contributed by atoms with Crippen LogP contribution in [0.25, 0.3) is 10.8 Å². The molecule has 47 heteroatoms. The number of nitrogens with zero attached hydrogens (tertiary/aromatic N) is 1. The molecule has 0 aliphatic rings. The number of aromatic carboxylic acids is 18. The van der Waals surface area contributed by atoms with Crippen LogP contribution in [0, 0.1) is 24.0 Å². The van der Waals surface area contributed by atoms with Crippen LogP contribution in [0.4, 0.5) is 11.4 Å². The zero-order valence-corrected chi connectivity index (χ0v) is 77.4. The van der Waals surface area contributed by atoms with E-state index in [0.717, 1.165) is 53.6 Å². The second-order valence-corrected chi connectivity index (χ2v) is 29.7. The number of rotatable bonds is 31. The minimum Gasteiger partial charge on any atom is -0.489 e. The first-order valence-electron chi connectivity index (χ1n) is 39.7. The lowest BCUT2D eigenvalue weighted by atomic mass is 10.00. The number of fused-ring (bicyclic) bond motifs is 1. The van der Waals surface area contributed by atoms with Crippen molar-refractivity contribution in [2.45, 2.75) is 27.1 Å². The van der Waals surface area contributed by atoms with Crippen molar-refractivity contribution >= 4 is 169 Å². The van der Waals surface area contributed by atoms with Crippen molar-refractivity contribution in [3.8, 4) is 23.0 Å². The molecule has 12 aromatic rings. The molecular weight excluding hydrogens is 2030 g/mol. The van der Waals surface area contributed by atoms with Gasteiger partial charge in [0.25, 0.3) is 5.69 Å². The lowest BCUT2D eigenvalue weighted by Crippen LogP contribution is -2.09. The molecule has 0 spiro atoms. The van der Waals surface area contributed by atoms with Crippen LogP contribution in [0.1, 0.15) is 209 Å². The van der Waals surface area contributed by atoms with Gasteiger partial charge in [-0.3, -0.25) is 10.1 Å². The molecule has 0 amide bonds. The minimum atomic E-state index is -1.47. The van der Waals surface area contributed by atoms with Crippen LogP contribution in [-0.2, 0) is 13.2 Å². The van der Waals surface area contributed by atoms with E-state index in [1.165, 1.54) is 103 Å². The van der Waals surface area contributed by atoms with E-state index in [-0.39, 0.29) is 164 Å². The Balaban J connectivity index is 0.000000345. The molecule has 12 rings (SSSR count). The van der Waals surface area contributed by atoms with E-state index < -0.39 is 124 Å². The maximum absolute atomic E-state index is 11.7. The summed E-state index contributed by atoms with van der Waals surface area (Å²) in [6, 6.07) is 51.8. The highest BCUT2D eigenvalue weighted by atomic mass is 79.9. The summed E-state index contributed by atoms with van der Waals surface area (Å²) in [4.78, 5) is 203. The van der Waals surface area contributed by atoms with Gasteiger partial charge in [0.05, 0.1) is 87.3 Å². The molecule has 145 heavy (non-hydrogen) atoms. The fourth-order valence-electron chi connectivity index (χ4n) is 11.3. The van der Waals surface area contributed by atoms with Crippen LogP contribution < -0.4 is 24.7 Å². The molecule has 0 fully saturated rings. The lowest BCUT2D eigenvalue weighted by molar-refractivity contribution is -0.385. The zero-order valence-electron chi connectivity index (χ0n) is 74.3. The third-order valence-electron chi connectivity index (χ3n) is 18.2. The summed E-state index contributed by atoms with van der Waals surface area (Å²) < 4.78 is 21.8. The fraction of sp³-hybridized carbons (Fsp3) is 0.0612. The summed E-state index contributed by atoms with van der Waals surface area (Å²) in [6.07, 6.45) is 2.85. The summed E-state index contributed by atoms with van der Waals surface area (Å²) in [5, 5.41) is 169. The van der Waals surface area contributed by atoms with E-state index >= 15 is 0 Å². The fourth-order valence-corrected chi connectivity index (χ4v) is 12.4. The van der Waals surface area contributed by atoms with Crippen molar-refractivity contribution in [2.24, 2.45) is 0 Å². The molecule has 0 saturated heterocycles. The Morgan fingerprint density at radius 1 is 0.297 bits per heavy atom. The molecule has 0 saturated carbocycles. The number of aryl methyl sites for hydroxylation is 2. The Morgan fingerprint density at radius 3 is 0.821 bits per heavy atom. The number of nitrogens with two attached hydrogens (primary N) is 1. The summed E-state index contributed by atoms with van der Waals surface area (Å²) >= 11 is 14.0. The number of nitro benzene ring substituents is 1. The SMILES string of the molecule is C=CCOc1cc(C(=O)O)c(OCC=C)cc1C(=O)O.Cc1cc(C(=O)O)c(C)cc1C(=O)O.Nc1cc(C(=O)O)ccc1C(=O)O.O=C(O)c1cc(Cl)c(C(=O)O)cc1Cl.O=C(O)c1cc(OCc2ccccc2)c(C(=O)O)cc1OCc1ccccc1.O=C(O)c1ccc(C(=O)O)c(Br)c1.O=C(O)c1ccc(C(=O)O)c([N+](=O)[O-])c1.O=C(O)c1ccc(C(=O)O)c2ccccc12.O=C(O)c1ccc(C(=O)O)cc1. The number of anilines is 1. The molecule has 0 heterocycles. The Morgan fingerprint density at radius 2 is 0.552 bits per heavy atom. The summed E-state index contributed by atoms with van der Waals surface area (Å²) in [6.45, 7) is 10.4. The summed E-state index contributed by atoms with van der Waals surface area (Å²) in [7, 11) is 0. The molecule has 0 bridgehead atoms. The van der Waals surface area contributed by atoms with Crippen LogP contribution in [0.3, 0.4) is 0 Å². The Labute approximate surface area is 832 Å². The Hall–Kier alpha value is -19.7. The van der Waals surface area contributed by atoms with E-state index in [9.17, 15) is 107 Å². The topological polar surface area (TPSA) is 777 Å². The second-order valence-electron chi connectivity index (χ2n) is 28.0. The van der Waals surface area contributed by atoms with Gasteiger partial charge in [-0.25, -0.2) is 86.3 Å². The van der Waals surface area contributed by atoms with Gasteiger partial charge in [0, 0.05) is 16.2 Å². The van der Waals surface area contributed by atoms with Crippen LogP contribution in [0.2, 0.25) is 10.0 Å². The van der Waals surface area contributed by atoms with Gasteiger partial charge in [0.2, 0.25) is 0 Å². The quantitative estimate of drug-likeness (QED) is 0.00830. The standard InChI is InChI=1S/C22H18O6.C14H14O6.C12H8O4.C10H10O4.C8H5BrO4.C8H4Cl2O4.C8H5NO6.C8H7NO4.C8H6O4/c23-21(24)17-12-20(28-14-16-9-5-2-6-10-16)18(22(25)26)11-19(17)27-13-15-7-3-1-4-8-15;1-3-5-19-11-7-10(14(17)18)12(20-6-4-2)8-9(11)13(15)16;13-11(14)9-5-6-10(12(15)16)8-4-2-1-3-7(8)9;1-5-3-8(10(13)14)6(2)4-7(5)9(11)12;9-6-3-4(7(10)11)1-2-5(6)8(12)13;9-5-1-3(7(11)12)6(10)2-4(5)8(13)14;10-7(11)4-1-2-5(8(12)13)6(3-4)9(14)15;9-6-3-4(7(10)11)1-2-5(6)8(12)13;9-7(10)5-1-2-6(4-3-5)8(11)12/h1-12H,13-14H2,(H,23,24)(H,25,26);3-4,7-8H,1-2,5-6H2,(H,15,16)(H,17,18);1-6H,(H,13,14)(H,15,16);3-4H,1-2H3,(H,11,12)(H,13,14);1-3H,(H,10,11)(H,12,13);1-2H,(H,11,12)(H,13,14);1-3H,(H,10,11)(H,12,13);1-3H,9H2,(H,10,11)(H,12,13);1-4H,(H,9,10)(H,11,12). The van der Waals surface area contributed by atoms with Crippen molar-refractivity contribution in [1.29, 1.82) is 0 Å². The number of carbonyl (C=O) groups is 18. The van der Waals surface area contributed by atoms with E-state index in [1.54, 1.807) is 38.1 Å². The predicted octanol–water partition coefficient (Wildman–Crippen LogP) is 17.4. The molecule has 0 atom stereocenters. The molecule has 0 radical (unpaired) electrons. The third kappa shape index (κ3) is 36.0. The van der Waals surface area contributed by atoms with E-state index in [2.05, 4.69) is 29.1 Å². The predicted molar refractivity (Wildman–Crippen MR) is 512 cm³/mol. The van der Waals surface area contributed by atoms with Gasteiger partial charge in [-0.2, -0.15) is 0 Å². The van der Waals surface area contributed by atoms with Gasteiger partial charge in [0.15, 0.2) is 0 Å². The Kier molecular flexibility index (Phi) is 45.6. The largest absolute Gasteiger partial charge is 0.489 e. The van der Waals surface area contributed by atoms with Gasteiger partial charge >= 0.3 is 107 Å². The molecule has 20 N–H and O–H groups in total. The number of carboxylic acids is 18. The summed E-state index contributed by atoms with van der Waals surface area (Å²) in [5.74, 6) is -21.3. The van der Waals surface area contributed by atoms with Gasteiger partial charge in [0.1, 0.15) is 77.2 Å². The molecule has 0 aliphatic heterocycles. The summed E-state index contributed by atoms with van der Waals surface area (Å²) in [5.41, 5.74) is 5.78. The van der Waals surface area contributed by atoms with Gasteiger partial charge in [-0.15, -0.1) is 0 Å². The number of carboxylic acid groups (broad SMARTS) is 18. The number of hydrogen-bond donors (Lipinski definition) is 19. The van der Waals surface area contributed by atoms with Gasteiger partial charge < -0.3 is 117 Å². The van der Waals surface area contributed by atoms with Crippen LogP contribution in [0.5, 0.6) is 23.0 Å². The molecule has 0 unspecified atom stereocenters. The van der Waals surface area contributed by atoms with Crippen molar-refractivity contribution in [3.05, 3.63) is 397 Å². The smallest absolute Gasteiger partial charge is 0.342 e. The van der Waals surface area contributed by atoms with Gasteiger partial charge in [-0.1, -0.05) is 133 Å². The first kappa shape index (κ1) is 118. The highest BCUT2D eigenvalue weighted by Gasteiger charge is 2.27. The van der Waals surface area contributed by atoms with Crippen LogP contribution in [-0.4, -0.2) is 218 Å². The average molecular weight is 2110 g/mol. The maximum Gasteiger partial charge on any atom is 0.342 e. The first-order chi connectivity index (χ1) is 68.1. The van der Waals surface area contributed by atoms with Crippen molar-refractivity contribution in [2.75, 3.05) is 18.9 Å². The molecule has 0 aliphatic carbocycles. The minimum absolute atomic E-state index is 0.0255. The first-order valence-corrected chi connectivity index (χ1v) is 41.2. The van der Waals surface area contributed by atoms with E-state index in [0.29, 0.717) is 28.0 Å². The zero-order chi connectivity index (χ0) is 109. The molecule has 12 aromatic carbocycles. The number of nitro groups is 1. The highest BCUT2D eigenvalue weighted by Crippen LogP contribution is 2.34. The molecule has 752 valence electrons. The van der Waals surface area contributed by atoms with Crippen molar-refractivity contribution in [3.63, 3.8) is 0 Å².